The van der Waals surface area contributed by atoms with Gasteiger partial charge in [-0.05, 0) is 32.3 Å². The molecule has 26 heavy (non-hydrogen) atoms. The Morgan fingerprint density at radius 1 is 1.15 bits per heavy atom. The molecule has 1 N–H and O–H groups in total. The normalized spacial score (nSPS) is 16.7. The molecule has 0 radical (unpaired) electrons. The molecule has 5 heteroatoms. The molecule has 1 aromatic heterocycles. The average molecular weight is 356 g/mol. The Morgan fingerprint density at radius 3 is 2.38 bits per heavy atom. The first kappa shape index (κ1) is 18.6. The van der Waals surface area contributed by atoms with Gasteiger partial charge in [0.2, 0.25) is 0 Å². The molecule has 0 saturated carbocycles. The summed E-state index contributed by atoms with van der Waals surface area (Å²) in [5, 5.41) is 7.00. The lowest BCUT2D eigenvalue weighted by molar-refractivity contribution is 0.0486. The van der Waals surface area contributed by atoms with Crippen molar-refractivity contribution in [2.45, 2.75) is 51.9 Å². The van der Waals surface area contributed by atoms with E-state index in [4.69, 9.17) is 9.26 Å². The molecule has 0 bridgehead atoms. The second-order valence-electron chi connectivity index (χ2n) is 7.72. The van der Waals surface area contributed by atoms with Gasteiger partial charge in [0.05, 0.1) is 0 Å². The van der Waals surface area contributed by atoms with Crippen LogP contribution in [0.15, 0.2) is 28.8 Å². The highest BCUT2D eigenvalue weighted by Crippen LogP contribution is 2.35. The van der Waals surface area contributed by atoms with Gasteiger partial charge in [0.1, 0.15) is 5.76 Å². The van der Waals surface area contributed by atoms with E-state index in [-0.39, 0.29) is 17.2 Å². The number of benzene rings is 1. The molecule has 1 aromatic carbocycles. The van der Waals surface area contributed by atoms with Crippen molar-refractivity contribution in [2.75, 3.05) is 19.8 Å². The van der Waals surface area contributed by atoms with E-state index in [2.05, 4.69) is 42.5 Å². The molecule has 1 aliphatic heterocycles. The lowest BCUT2D eigenvalue weighted by Gasteiger charge is -2.38. The summed E-state index contributed by atoms with van der Waals surface area (Å²) in [6.07, 6.45) is 1.79. The molecule has 0 aliphatic carbocycles. The van der Waals surface area contributed by atoms with Crippen molar-refractivity contribution in [3.05, 3.63) is 52.4 Å². The van der Waals surface area contributed by atoms with Gasteiger partial charge < -0.3 is 14.6 Å². The summed E-state index contributed by atoms with van der Waals surface area (Å²) in [7, 11) is 0. The van der Waals surface area contributed by atoms with Gasteiger partial charge >= 0.3 is 0 Å². The maximum Gasteiger partial charge on any atom is 0.273 e. The van der Waals surface area contributed by atoms with Crippen LogP contribution >= 0.6 is 0 Å². The quantitative estimate of drug-likeness (QED) is 0.883. The molecule has 5 nitrogen and oxygen atoms in total. The second kappa shape index (κ2) is 7.62. The molecule has 1 amide bonds. The minimum absolute atomic E-state index is 0.102. The van der Waals surface area contributed by atoms with E-state index < -0.39 is 0 Å². The molecule has 1 saturated heterocycles. The van der Waals surface area contributed by atoms with Crippen LogP contribution in [0.1, 0.15) is 65.5 Å². The highest BCUT2D eigenvalue weighted by molar-refractivity contribution is 5.92. The lowest BCUT2D eigenvalue weighted by Crippen LogP contribution is -2.44. The third kappa shape index (κ3) is 3.98. The smallest absolute Gasteiger partial charge is 0.273 e. The van der Waals surface area contributed by atoms with E-state index in [9.17, 15) is 4.79 Å². The topological polar surface area (TPSA) is 64.4 Å². The van der Waals surface area contributed by atoms with Crippen LogP contribution in [-0.4, -0.2) is 30.8 Å². The van der Waals surface area contributed by atoms with Crippen molar-refractivity contribution in [1.82, 2.24) is 10.5 Å². The molecular formula is C21H28N2O3. The third-order valence-corrected chi connectivity index (χ3v) is 5.20. The zero-order valence-corrected chi connectivity index (χ0v) is 16.1. The lowest BCUT2D eigenvalue weighted by atomic mass is 9.73. The van der Waals surface area contributed by atoms with Gasteiger partial charge in [-0.25, -0.2) is 0 Å². The number of carbonyl (C=O) groups is 1. The molecule has 0 atom stereocenters. The van der Waals surface area contributed by atoms with E-state index >= 15 is 0 Å². The molecule has 0 unspecified atom stereocenters. The minimum atomic E-state index is -0.184. The maximum absolute atomic E-state index is 12.6. The molecule has 3 rings (SSSR count). The molecule has 2 aromatic rings. The van der Waals surface area contributed by atoms with Crippen molar-refractivity contribution in [2.24, 2.45) is 0 Å². The monoisotopic (exact) mass is 356 g/mol. The first-order chi connectivity index (χ1) is 12.4. The van der Waals surface area contributed by atoms with Crippen molar-refractivity contribution in [1.29, 1.82) is 0 Å². The Morgan fingerprint density at radius 2 is 1.81 bits per heavy atom. The van der Waals surface area contributed by atoms with Crippen LogP contribution < -0.4 is 5.32 Å². The fourth-order valence-electron chi connectivity index (χ4n) is 3.62. The Kier molecular flexibility index (Phi) is 5.47. The summed E-state index contributed by atoms with van der Waals surface area (Å²) in [6, 6.07) is 8.38. The number of nitrogens with one attached hydrogen (secondary N) is 1. The van der Waals surface area contributed by atoms with Crippen molar-refractivity contribution < 1.29 is 14.1 Å². The van der Waals surface area contributed by atoms with E-state index in [1.54, 1.807) is 6.07 Å². The summed E-state index contributed by atoms with van der Waals surface area (Å²) in [5.74, 6) is 0.752. The van der Waals surface area contributed by atoms with Crippen LogP contribution in [0.4, 0.5) is 0 Å². The van der Waals surface area contributed by atoms with Gasteiger partial charge in [-0.2, -0.15) is 0 Å². The molecule has 2 heterocycles. The standard InChI is InChI=1S/C21H28N2O3/c1-14(2)19-12-18(23-26-19)20(24)22-13-21(5-7-25-8-6-21)17-10-15(3)9-16(4)11-17/h9-12,14H,5-8,13H2,1-4H3,(H,22,24). The van der Waals surface area contributed by atoms with Gasteiger partial charge in [0, 0.05) is 37.2 Å². The van der Waals surface area contributed by atoms with Crippen LogP contribution in [-0.2, 0) is 10.2 Å². The van der Waals surface area contributed by atoms with Crippen LogP contribution in [0.25, 0.3) is 0 Å². The number of hydrogen-bond acceptors (Lipinski definition) is 4. The van der Waals surface area contributed by atoms with E-state index in [0.717, 1.165) is 18.6 Å². The largest absolute Gasteiger partial charge is 0.381 e. The van der Waals surface area contributed by atoms with Gasteiger partial charge in [-0.1, -0.05) is 48.3 Å². The highest BCUT2D eigenvalue weighted by atomic mass is 16.5. The fraction of sp³-hybridized carbons (Fsp3) is 0.524. The molecule has 1 fully saturated rings. The number of aromatic nitrogens is 1. The van der Waals surface area contributed by atoms with Gasteiger partial charge in [0.15, 0.2) is 5.69 Å². The number of hydrogen-bond donors (Lipinski definition) is 1. The summed E-state index contributed by atoms with van der Waals surface area (Å²) in [4.78, 5) is 12.6. The second-order valence-corrected chi connectivity index (χ2v) is 7.72. The van der Waals surface area contributed by atoms with Crippen molar-refractivity contribution in [3.63, 3.8) is 0 Å². The van der Waals surface area contributed by atoms with Gasteiger partial charge in [0.25, 0.3) is 5.91 Å². The van der Waals surface area contributed by atoms with Crippen LogP contribution in [0.3, 0.4) is 0 Å². The Balaban J connectivity index is 1.79. The SMILES string of the molecule is Cc1cc(C)cc(C2(CNC(=O)c3cc(C(C)C)on3)CCOCC2)c1. The van der Waals surface area contributed by atoms with Crippen molar-refractivity contribution >= 4 is 5.91 Å². The van der Waals surface area contributed by atoms with Crippen LogP contribution in [0.5, 0.6) is 0 Å². The number of nitrogens with zero attached hydrogens (tertiary/aromatic N) is 1. The highest BCUT2D eigenvalue weighted by Gasteiger charge is 2.35. The summed E-state index contributed by atoms with van der Waals surface area (Å²) in [6.45, 7) is 10.3. The first-order valence-corrected chi connectivity index (χ1v) is 9.31. The van der Waals surface area contributed by atoms with Gasteiger partial charge in [-0.15, -0.1) is 0 Å². The first-order valence-electron chi connectivity index (χ1n) is 9.31. The number of aryl methyl sites for hydroxylation is 2. The number of rotatable bonds is 5. The summed E-state index contributed by atoms with van der Waals surface area (Å²) < 4.78 is 10.8. The minimum Gasteiger partial charge on any atom is -0.381 e. The van der Waals surface area contributed by atoms with E-state index in [0.29, 0.717) is 25.5 Å². The number of carbonyl (C=O) groups excluding carboxylic acids is 1. The zero-order chi connectivity index (χ0) is 18.7. The molecule has 0 spiro atoms. The van der Waals surface area contributed by atoms with Crippen LogP contribution in [0.2, 0.25) is 0 Å². The predicted molar refractivity (Wildman–Crippen MR) is 101 cm³/mol. The summed E-state index contributed by atoms with van der Waals surface area (Å²) in [5.41, 5.74) is 4.01. The summed E-state index contributed by atoms with van der Waals surface area (Å²) >= 11 is 0. The Hall–Kier alpha value is -2.14. The molecule has 1 aliphatic rings. The third-order valence-electron chi connectivity index (χ3n) is 5.20. The molecule has 140 valence electrons. The predicted octanol–water partition coefficient (Wildman–Crippen LogP) is 3.89. The van der Waals surface area contributed by atoms with E-state index in [1.165, 1.54) is 16.7 Å². The van der Waals surface area contributed by atoms with E-state index in [1.807, 2.05) is 13.8 Å². The maximum atomic E-state index is 12.6. The molecular weight excluding hydrogens is 328 g/mol. The zero-order valence-electron chi connectivity index (χ0n) is 16.1. The number of amides is 1. The van der Waals surface area contributed by atoms with Crippen molar-refractivity contribution in [3.8, 4) is 0 Å². The Labute approximate surface area is 155 Å². The average Bonchev–Trinajstić information content (AvgIpc) is 3.10. The van der Waals surface area contributed by atoms with Crippen LogP contribution in [0, 0.1) is 13.8 Å². The fourth-order valence-corrected chi connectivity index (χ4v) is 3.62. The Bertz CT molecular complexity index is 753. The number of ether oxygens (including phenoxy) is 1. The van der Waals surface area contributed by atoms with Gasteiger partial charge in [-0.3, -0.25) is 4.79 Å².